The van der Waals surface area contributed by atoms with Gasteiger partial charge in [0.2, 0.25) is 0 Å². The molecule has 3 heterocycles. The minimum Gasteiger partial charge on any atom is -0.480 e. The van der Waals surface area contributed by atoms with E-state index in [1.165, 1.54) is 12.1 Å². The van der Waals surface area contributed by atoms with Crippen LogP contribution in [0.5, 0.6) is 5.75 Å². The van der Waals surface area contributed by atoms with Crippen LogP contribution in [0.4, 0.5) is 10.2 Å². The maximum Gasteiger partial charge on any atom is 0.261 e. The Kier molecular flexibility index (Phi) is 4.94. The molecule has 1 aromatic heterocycles. The van der Waals surface area contributed by atoms with Gasteiger partial charge in [-0.05, 0) is 42.9 Å². The van der Waals surface area contributed by atoms with Crippen LogP contribution in [-0.4, -0.2) is 55.1 Å². The fourth-order valence-electron chi connectivity index (χ4n) is 3.45. The molecule has 1 unspecified atom stereocenters. The number of likely N-dealkylation sites (N-methyl/N-ethyl adjacent to an activating group) is 1. The first-order valence-corrected chi connectivity index (χ1v) is 9.20. The predicted octanol–water partition coefficient (Wildman–Crippen LogP) is 1.59. The van der Waals surface area contributed by atoms with Crippen molar-refractivity contribution >= 4 is 11.7 Å². The lowest BCUT2D eigenvalue weighted by Gasteiger charge is -2.33. The first kappa shape index (κ1) is 17.7. The van der Waals surface area contributed by atoms with E-state index >= 15 is 0 Å². The fraction of sp³-hybridized carbons (Fsp3) is 0.400. The molecule has 0 aliphatic carbocycles. The first-order chi connectivity index (χ1) is 13.1. The summed E-state index contributed by atoms with van der Waals surface area (Å²) in [6, 6.07) is 8.26. The Morgan fingerprint density at radius 3 is 2.89 bits per heavy atom. The van der Waals surface area contributed by atoms with Crippen LogP contribution >= 0.6 is 0 Å². The Morgan fingerprint density at radius 1 is 1.26 bits per heavy atom. The summed E-state index contributed by atoms with van der Waals surface area (Å²) in [6.07, 6.45) is 1.56. The number of amides is 1. The van der Waals surface area contributed by atoms with Crippen molar-refractivity contribution in [1.29, 1.82) is 0 Å². The highest BCUT2D eigenvalue weighted by atomic mass is 19.1. The number of fused-ring (bicyclic) bond motifs is 1. The number of pyridine rings is 1. The van der Waals surface area contributed by atoms with Crippen LogP contribution in [-0.2, 0) is 17.8 Å². The van der Waals surface area contributed by atoms with E-state index in [-0.39, 0.29) is 11.7 Å². The van der Waals surface area contributed by atoms with E-state index < -0.39 is 6.10 Å². The Bertz CT molecular complexity index is 836. The molecule has 0 saturated carbocycles. The Morgan fingerprint density at radius 2 is 2.07 bits per heavy atom. The molecule has 142 valence electrons. The molecule has 2 aliphatic heterocycles. The highest BCUT2D eigenvalue weighted by Gasteiger charge is 2.29. The molecule has 2 aliphatic rings. The molecule has 0 spiro atoms. The Hall–Kier alpha value is -2.67. The van der Waals surface area contributed by atoms with Crippen molar-refractivity contribution in [3.8, 4) is 5.75 Å². The molecule has 27 heavy (non-hydrogen) atoms. The number of anilines is 1. The fourth-order valence-corrected chi connectivity index (χ4v) is 3.45. The number of carbonyl (C=O) groups excluding carboxylic acids is 1. The van der Waals surface area contributed by atoms with E-state index in [4.69, 9.17) is 4.74 Å². The standard InChI is InChI=1S/C20H23FN4O2/c1-24-6-8-25(9-7-24)19-10-14(4-5-22-19)13-23-20(26)18-12-15-11-16(21)2-3-17(15)27-18/h2-5,10-11,18H,6-9,12-13H2,1H3,(H,23,26). The van der Waals surface area contributed by atoms with Gasteiger partial charge in [0.1, 0.15) is 17.4 Å². The molecule has 0 radical (unpaired) electrons. The van der Waals surface area contributed by atoms with Gasteiger partial charge in [-0.1, -0.05) is 0 Å². The van der Waals surface area contributed by atoms with E-state index in [2.05, 4.69) is 27.1 Å². The van der Waals surface area contributed by atoms with Gasteiger partial charge in [-0.3, -0.25) is 4.79 Å². The van der Waals surface area contributed by atoms with Gasteiger partial charge in [0.25, 0.3) is 5.91 Å². The summed E-state index contributed by atoms with van der Waals surface area (Å²) >= 11 is 0. The van der Waals surface area contributed by atoms with E-state index in [0.717, 1.165) is 43.1 Å². The minimum absolute atomic E-state index is 0.190. The zero-order valence-electron chi connectivity index (χ0n) is 15.3. The summed E-state index contributed by atoms with van der Waals surface area (Å²) < 4.78 is 18.9. The molecule has 1 aromatic carbocycles. The van der Waals surface area contributed by atoms with Gasteiger partial charge >= 0.3 is 0 Å². The number of rotatable bonds is 4. The zero-order valence-corrected chi connectivity index (χ0v) is 15.3. The topological polar surface area (TPSA) is 57.7 Å². The number of nitrogens with one attached hydrogen (secondary N) is 1. The van der Waals surface area contributed by atoms with Crippen molar-refractivity contribution < 1.29 is 13.9 Å². The number of nitrogens with zero attached hydrogens (tertiary/aromatic N) is 3. The van der Waals surface area contributed by atoms with E-state index in [9.17, 15) is 9.18 Å². The third-order valence-electron chi connectivity index (χ3n) is 5.09. The molecule has 0 bridgehead atoms. The van der Waals surface area contributed by atoms with E-state index in [1.807, 2.05) is 12.1 Å². The highest BCUT2D eigenvalue weighted by molar-refractivity contribution is 5.82. The van der Waals surface area contributed by atoms with Crippen molar-refractivity contribution in [3.05, 3.63) is 53.5 Å². The third kappa shape index (κ3) is 4.03. The van der Waals surface area contributed by atoms with Crippen LogP contribution in [0.2, 0.25) is 0 Å². The lowest BCUT2D eigenvalue weighted by molar-refractivity contribution is -0.127. The Labute approximate surface area is 157 Å². The van der Waals surface area contributed by atoms with Gasteiger partial charge in [0.15, 0.2) is 6.10 Å². The number of piperazine rings is 1. The molecule has 1 fully saturated rings. The number of hydrogen-bond donors (Lipinski definition) is 1. The maximum atomic E-state index is 13.3. The van der Waals surface area contributed by atoms with Crippen LogP contribution in [0.3, 0.4) is 0 Å². The second kappa shape index (κ2) is 7.52. The molecule has 1 N–H and O–H groups in total. The number of halogens is 1. The highest BCUT2D eigenvalue weighted by Crippen LogP contribution is 2.29. The normalized spacial score (nSPS) is 19.5. The lowest BCUT2D eigenvalue weighted by atomic mass is 10.1. The summed E-state index contributed by atoms with van der Waals surface area (Å²) in [4.78, 5) is 21.5. The number of benzene rings is 1. The first-order valence-electron chi connectivity index (χ1n) is 9.20. The summed E-state index contributed by atoms with van der Waals surface area (Å²) in [6.45, 7) is 4.34. The van der Waals surface area contributed by atoms with Crippen LogP contribution in [0, 0.1) is 5.82 Å². The molecule has 1 saturated heterocycles. The average Bonchev–Trinajstić information content (AvgIpc) is 3.10. The number of ether oxygens (including phenoxy) is 1. The van der Waals surface area contributed by atoms with Gasteiger partial charge < -0.3 is 19.9 Å². The molecular weight excluding hydrogens is 347 g/mol. The molecule has 6 nitrogen and oxygen atoms in total. The number of hydrogen-bond acceptors (Lipinski definition) is 5. The van der Waals surface area contributed by atoms with Crippen molar-refractivity contribution in [2.45, 2.75) is 19.1 Å². The molecular formula is C20H23FN4O2. The largest absolute Gasteiger partial charge is 0.480 e. The zero-order chi connectivity index (χ0) is 18.8. The van der Waals surface area contributed by atoms with Crippen LogP contribution in [0.15, 0.2) is 36.5 Å². The SMILES string of the molecule is CN1CCN(c2cc(CNC(=O)C3Cc4cc(F)ccc4O3)ccn2)CC1. The quantitative estimate of drug-likeness (QED) is 0.886. The molecule has 7 heteroatoms. The maximum absolute atomic E-state index is 13.3. The minimum atomic E-state index is -0.610. The number of carbonyl (C=O) groups is 1. The van der Waals surface area contributed by atoms with E-state index in [0.29, 0.717) is 18.7 Å². The second-order valence-corrected chi connectivity index (χ2v) is 7.09. The summed E-state index contributed by atoms with van der Waals surface area (Å²) in [7, 11) is 2.12. The monoisotopic (exact) mass is 370 g/mol. The van der Waals surface area contributed by atoms with Crippen molar-refractivity contribution in [3.63, 3.8) is 0 Å². The second-order valence-electron chi connectivity index (χ2n) is 7.09. The number of aromatic nitrogens is 1. The van der Waals surface area contributed by atoms with E-state index in [1.54, 1.807) is 12.3 Å². The van der Waals surface area contributed by atoms with Crippen LogP contribution in [0.1, 0.15) is 11.1 Å². The molecule has 1 amide bonds. The summed E-state index contributed by atoms with van der Waals surface area (Å²) in [5, 5.41) is 2.92. The van der Waals surface area contributed by atoms with Gasteiger partial charge in [0, 0.05) is 50.9 Å². The molecule has 4 rings (SSSR count). The van der Waals surface area contributed by atoms with Gasteiger partial charge in [0.05, 0.1) is 0 Å². The van der Waals surface area contributed by atoms with Gasteiger partial charge in [-0.15, -0.1) is 0 Å². The third-order valence-corrected chi connectivity index (χ3v) is 5.09. The van der Waals surface area contributed by atoms with Gasteiger partial charge in [-0.2, -0.15) is 0 Å². The van der Waals surface area contributed by atoms with Crippen molar-refractivity contribution in [1.82, 2.24) is 15.2 Å². The lowest BCUT2D eigenvalue weighted by Crippen LogP contribution is -2.44. The molecule has 1 atom stereocenters. The average molecular weight is 370 g/mol. The smallest absolute Gasteiger partial charge is 0.261 e. The summed E-state index contributed by atoms with van der Waals surface area (Å²) in [5.74, 6) is 1.02. The van der Waals surface area contributed by atoms with Gasteiger partial charge in [-0.25, -0.2) is 9.37 Å². The van der Waals surface area contributed by atoms with Crippen molar-refractivity contribution in [2.75, 3.05) is 38.1 Å². The predicted molar refractivity (Wildman–Crippen MR) is 100 cm³/mol. The summed E-state index contributed by atoms with van der Waals surface area (Å²) in [5.41, 5.74) is 1.73. The Balaban J connectivity index is 1.34. The van der Waals surface area contributed by atoms with Crippen molar-refractivity contribution in [2.24, 2.45) is 0 Å². The van der Waals surface area contributed by atoms with Crippen LogP contribution < -0.4 is 15.0 Å². The molecule has 2 aromatic rings. The van der Waals surface area contributed by atoms with Crippen LogP contribution in [0.25, 0.3) is 0 Å².